The molecule has 3 saturated carbocycles. The summed E-state index contributed by atoms with van der Waals surface area (Å²) in [4.78, 5) is 0. The molecule has 0 radical (unpaired) electrons. The first-order valence-corrected chi connectivity index (χ1v) is 17.6. The van der Waals surface area contributed by atoms with Crippen LogP contribution in [0.5, 0.6) is 0 Å². The van der Waals surface area contributed by atoms with Gasteiger partial charge in [-0.25, -0.2) is 0 Å². The zero-order valence-corrected chi connectivity index (χ0v) is 21.1. The topological polar surface area (TPSA) is 21.7 Å². The Kier molecular flexibility index (Phi) is 5.02. The molecule has 0 amide bonds. The summed E-state index contributed by atoms with van der Waals surface area (Å²) in [5.41, 5.74) is 0.314. The van der Waals surface area contributed by atoms with Crippen molar-refractivity contribution in [1.82, 2.24) is 4.23 Å². The minimum Gasteiger partial charge on any atom is -0.404 e. The normalized spacial score (nSPS) is 37.7. The SMILES string of the molecule is CC(C)[C@@H](B1O[C@@H]2CC3C[C@H](C3(C)C)[C@]2(C)O1)N([Si](C)(C)C)[Si](C)(C)C. The van der Waals surface area contributed by atoms with Gasteiger partial charge in [0.05, 0.1) is 11.7 Å². The lowest BCUT2D eigenvalue weighted by Crippen LogP contribution is -2.69. The van der Waals surface area contributed by atoms with Gasteiger partial charge < -0.3 is 13.5 Å². The molecule has 4 fully saturated rings. The van der Waals surface area contributed by atoms with Crippen LogP contribution >= 0.6 is 0 Å². The Balaban J connectivity index is 1.92. The van der Waals surface area contributed by atoms with E-state index in [-0.39, 0.29) is 18.8 Å². The Morgan fingerprint density at radius 2 is 1.50 bits per heavy atom. The molecule has 150 valence electrons. The van der Waals surface area contributed by atoms with Crippen LogP contribution in [-0.2, 0) is 9.31 Å². The third-order valence-corrected chi connectivity index (χ3v) is 15.2. The van der Waals surface area contributed by atoms with Crippen molar-refractivity contribution in [3.8, 4) is 0 Å². The van der Waals surface area contributed by atoms with Crippen LogP contribution in [0, 0.1) is 23.2 Å². The summed E-state index contributed by atoms with van der Waals surface area (Å²) >= 11 is 0. The average molecular weight is 396 g/mol. The summed E-state index contributed by atoms with van der Waals surface area (Å²) in [6, 6.07) is 0. The molecular formula is C20H42BNO2Si2. The lowest BCUT2D eigenvalue weighted by atomic mass is 9.43. The summed E-state index contributed by atoms with van der Waals surface area (Å²) in [5, 5.41) is 0. The molecule has 6 heteroatoms. The van der Waals surface area contributed by atoms with Gasteiger partial charge >= 0.3 is 7.12 Å². The van der Waals surface area contributed by atoms with Crippen molar-refractivity contribution in [2.45, 2.75) is 104 Å². The van der Waals surface area contributed by atoms with Gasteiger partial charge in [-0.05, 0) is 42.9 Å². The van der Waals surface area contributed by atoms with Gasteiger partial charge in [0.15, 0.2) is 0 Å². The first-order valence-electron chi connectivity index (χ1n) is 10.7. The molecule has 4 aliphatic rings. The Morgan fingerprint density at radius 3 is 1.92 bits per heavy atom. The predicted octanol–water partition coefficient (Wildman–Crippen LogP) is 5.25. The summed E-state index contributed by atoms with van der Waals surface area (Å²) in [6.45, 7) is 26.9. The van der Waals surface area contributed by atoms with Crippen LogP contribution in [0.15, 0.2) is 0 Å². The molecule has 4 rings (SSSR count). The molecule has 1 heterocycles. The number of hydrogen-bond acceptors (Lipinski definition) is 3. The second-order valence-corrected chi connectivity index (χ2v) is 22.4. The fourth-order valence-corrected chi connectivity index (χ4v) is 17.4. The molecule has 5 atom stereocenters. The molecule has 0 aromatic heterocycles. The molecule has 26 heavy (non-hydrogen) atoms. The molecule has 0 spiro atoms. The first kappa shape index (κ1) is 21.1. The lowest BCUT2D eigenvalue weighted by molar-refractivity contribution is -0.199. The van der Waals surface area contributed by atoms with E-state index in [1.807, 2.05) is 0 Å². The standard InChI is InChI=1S/C20H42BNO2Si2/c1-14(2)18(22(25(6,7)8)26(9,10)11)21-23-17-13-15-12-16(19(15,3)4)20(17,5)24-21/h14-18H,12-13H2,1-11H3/t15?,16-,17-,18+,20+/m1/s1. The monoisotopic (exact) mass is 395 g/mol. The highest BCUT2D eigenvalue weighted by molar-refractivity contribution is 6.90. The minimum absolute atomic E-state index is 0.0707. The van der Waals surface area contributed by atoms with Gasteiger partial charge in [0.25, 0.3) is 0 Å². The second-order valence-electron chi connectivity index (χ2n) is 12.3. The smallest absolute Gasteiger partial charge is 0.404 e. The zero-order valence-electron chi connectivity index (χ0n) is 19.1. The largest absolute Gasteiger partial charge is 0.474 e. The fourth-order valence-electron chi connectivity index (χ4n) is 6.68. The summed E-state index contributed by atoms with van der Waals surface area (Å²) in [6.07, 6.45) is 2.80. The molecular weight excluding hydrogens is 353 g/mol. The van der Waals surface area contributed by atoms with E-state index in [9.17, 15) is 0 Å². The molecule has 1 unspecified atom stereocenters. The lowest BCUT2D eigenvalue weighted by Gasteiger charge is -2.64. The molecule has 0 aromatic rings. The van der Waals surface area contributed by atoms with Crippen LogP contribution in [0.1, 0.15) is 47.5 Å². The minimum atomic E-state index is -1.49. The van der Waals surface area contributed by atoms with Crippen LogP contribution in [0.25, 0.3) is 0 Å². The fraction of sp³-hybridized carbons (Fsp3) is 1.00. The van der Waals surface area contributed by atoms with Crippen molar-refractivity contribution < 1.29 is 9.31 Å². The number of nitrogens with zero attached hydrogens (tertiary/aromatic N) is 1. The van der Waals surface area contributed by atoms with Crippen LogP contribution in [0.2, 0.25) is 39.3 Å². The molecule has 2 bridgehead atoms. The highest BCUT2D eigenvalue weighted by Crippen LogP contribution is 2.66. The highest BCUT2D eigenvalue weighted by Gasteiger charge is 2.69. The van der Waals surface area contributed by atoms with E-state index < -0.39 is 16.5 Å². The Labute approximate surface area is 164 Å². The van der Waals surface area contributed by atoms with Gasteiger partial charge in [-0.15, -0.1) is 0 Å². The van der Waals surface area contributed by atoms with Crippen molar-refractivity contribution in [2.75, 3.05) is 0 Å². The highest BCUT2D eigenvalue weighted by atomic mass is 28.4. The van der Waals surface area contributed by atoms with Gasteiger partial charge in [-0.3, -0.25) is 0 Å². The maximum Gasteiger partial charge on any atom is 0.474 e. The average Bonchev–Trinajstić information content (AvgIpc) is 2.77. The second kappa shape index (κ2) is 6.19. The zero-order chi connectivity index (χ0) is 19.9. The van der Waals surface area contributed by atoms with E-state index in [0.29, 0.717) is 23.2 Å². The molecule has 3 nitrogen and oxygen atoms in total. The molecule has 0 N–H and O–H groups in total. The Hall–Kier alpha value is 0.379. The maximum absolute atomic E-state index is 6.91. The van der Waals surface area contributed by atoms with Crippen molar-refractivity contribution in [3.63, 3.8) is 0 Å². The van der Waals surface area contributed by atoms with Crippen LogP contribution in [0.3, 0.4) is 0 Å². The van der Waals surface area contributed by atoms with Crippen molar-refractivity contribution >= 4 is 23.6 Å². The van der Waals surface area contributed by atoms with Crippen LogP contribution in [0.4, 0.5) is 0 Å². The molecule has 1 aliphatic heterocycles. The van der Waals surface area contributed by atoms with Gasteiger partial charge in [-0.1, -0.05) is 67.0 Å². The summed E-state index contributed by atoms with van der Waals surface area (Å²) in [5.74, 6) is 2.36. The van der Waals surface area contributed by atoms with E-state index in [4.69, 9.17) is 9.31 Å². The molecule has 3 aliphatic carbocycles. The van der Waals surface area contributed by atoms with Gasteiger partial charge in [0.2, 0.25) is 0 Å². The third-order valence-electron chi connectivity index (χ3n) is 7.67. The van der Waals surface area contributed by atoms with E-state index in [1.165, 1.54) is 12.8 Å². The van der Waals surface area contributed by atoms with Gasteiger partial charge in [-0.2, -0.15) is 0 Å². The van der Waals surface area contributed by atoms with E-state index >= 15 is 0 Å². The van der Waals surface area contributed by atoms with Crippen molar-refractivity contribution in [3.05, 3.63) is 0 Å². The van der Waals surface area contributed by atoms with E-state index in [1.54, 1.807) is 0 Å². The van der Waals surface area contributed by atoms with Gasteiger partial charge in [0, 0.05) is 5.94 Å². The Morgan fingerprint density at radius 1 is 0.962 bits per heavy atom. The summed E-state index contributed by atoms with van der Waals surface area (Å²) in [7, 11) is -3.05. The van der Waals surface area contributed by atoms with Crippen molar-refractivity contribution in [2.24, 2.45) is 23.2 Å². The van der Waals surface area contributed by atoms with Crippen LogP contribution < -0.4 is 0 Å². The van der Waals surface area contributed by atoms with E-state index in [2.05, 4.69) is 78.1 Å². The van der Waals surface area contributed by atoms with E-state index in [0.717, 1.165) is 5.92 Å². The third kappa shape index (κ3) is 3.12. The quantitative estimate of drug-likeness (QED) is 0.594. The molecule has 1 saturated heterocycles. The van der Waals surface area contributed by atoms with Crippen molar-refractivity contribution in [1.29, 1.82) is 0 Å². The summed E-state index contributed by atoms with van der Waals surface area (Å²) < 4.78 is 16.6. The Bertz CT molecular complexity index is 543. The van der Waals surface area contributed by atoms with Gasteiger partial charge in [0.1, 0.15) is 16.5 Å². The maximum atomic E-state index is 6.91. The predicted molar refractivity (Wildman–Crippen MR) is 117 cm³/mol. The number of hydrogen-bond donors (Lipinski definition) is 0. The van der Waals surface area contributed by atoms with Crippen LogP contribution in [-0.4, -0.2) is 45.5 Å². The number of rotatable bonds is 5. The first-order chi connectivity index (χ1) is 11.6. The molecule has 0 aromatic carbocycles.